The fourth-order valence-electron chi connectivity index (χ4n) is 2.57. The number of amides is 2. The first kappa shape index (κ1) is 15.5. The van der Waals surface area contributed by atoms with Crippen molar-refractivity contribution in [3.05, 3.63) is 28.8 Å². The SMILES string of the molecule is Cc1cc(C)c(NC(=O)CN(C)C(=O)C2(N)CC2)c(C)c1. The van der Waals surface area contributed by atoms with Crippen LogP contribution in [0.2, 0.25) is 0 Å². The standard InChI is InChI=1S/C16H23N3O2/c1-10-7-11(2)14(12(3)8-10)18-13(20)9-19(4)15(21)16(17)5-6-16/h7-8H,5-6,9,17H2,1-4H3,(H,18,20). The van der Waals surface area contributed by atoms with E-state index in [0.29, 0.717) is 12.8 Å². The second kappa shape index (κ2) is 5.48. The van der Waals surface area contributed by atoms with Gasteiger partial charge in [-0.3, -0.25) is 9.59 Å². The van der Waals surface area contributed by atoms with E-state index in [9.17, 15) is 9.59 Å². The van der Waals surface area contributed by atoms with Crippen LogP contribution in [0.3, 0.4) is 0 Å². The Labute approximate surface area is 125 Å². The number of aryl methyl sites for hydroxylation is 3. The van der Waals surface area contributed by atoms with Crippen LogP contribution in [0, 0.1) is 20.8 Å². The Bertz CT molecular complexity index is 568. The van der Waals surface area contributed by atoms with Gasteiger partial charge in [0, 0.05) is 12.7 Å². The van der Waals surface area contributed by atoms with Crippen LogP contribution in [0.25, 0.3) is 0 Å². The number of carbonyl (C=O) groups excluding carboxylic acids is 2. The summed E-state index contributed by atoms with van der Waals surface area (Å²) in [7, 11) is 1.61. The summed E-state index contributed by atoms with van der Waals surface area (Å²) in [6.07, 6.45) is 1.40. The number of nitrogens with two attached hydrogens (primary N) is 1. The second-order valence-electron chi connectivity index (χ2n) is 6.14. The van der Waals surface area contributed by atoms with Crippen molar-refractivity contribution in [2.45, 2.75) is 39.2 Å². The van der Waals surface area contributed by atoms with Crippen molar-refractivity contribution in [2.24, 2.45) is 5.73 Å². The molecule has 0 aliphatic heterocycles. The third-order valence-corrected chi connectivity index (χ3v) is 3.88. The van der Waals surface area contributed by atoms with Crippen LogP contribution in [-0.4, -0.2) is 35.8 Å². The van der Waals surface area contributed by atoms with Gasteiger partial charge in [-0.15, -0.1) is 0 Å². The topological polar surface area (TPSA) is 75.4 Å². The zero-order chi connectivity index (χ0) is 15.8. The fourth-order valence-corrected chi connectivity index (χ4v) is 2.57. The molecule has 2 amide bonds. The molecule has 1 aromatic rings. The van der Waals surface area contributed by atoms with E-state index < -0.39 is 5.54 Å². The molecule has 5 nitrogen and oxygen atoms in total. The van der Waals surface area contributed by atoms with Crippen molar-refractivity contribution < 1.29 is 9.59 Å². The average Bonchev–Trinajstić information content (AvgIpc) is 3.12. The van der Waals surface area contributed by atoms with Gasteiger partial charge in [0.1, 0.15) is 0 Å². The lowest BCUT2D eigenvalue weighted by molar-refractivity contribution is -0.135. The molecule has 2 rings (SSSR count). The van der Waals surface area contributed by atoms with Crippen LogP contribution in [0.4, 0.5) is 5.69 Å². The van der Waals surface area contributed by atoms with Gasteiger partial charge in [0.25, 0.3) is 0 Å². The molecule has 0 heterocycles. The number of hydrogen-bond donors (Lipinski definition) is 2. The highest BCUT2D eigenvalue weighted by molar-refractivity contribution is 5.97. The summed E-state index contributed by atoms with van der Waals surface area (Å²) in [5, 5.41) is 2.89. The van der Waals surface area contributed by atoms with Crippen LogP contribution in [0.1, 0.15) is 29.5 Å². The molecule has 1 aliphatic rings. The number of nitrogens with one attached hydrogen (secondary N) is 1. The second-order valence-corrected chi connectivity index (χ2v) is 6.14. The monoisotopic (exact) mass is 289 g/mol. The van der Waals surface area contributed by atoms with E-state index in [-0.39, 0.29) is 18.4 Å². The first-order valence-corrected chi connectivity index (χ1v) is 7.15. The lowest BCUT2D eigenvalue weighted by Crippen LogP contribution is -2.46. The molecule has 1 saturated carbocycles. The highest BCUT2D eigenvalue weighted by Gasteiger charge is 2.47. The largest absolute Gasteiger partial charge is 0.335 e. The summed E-state index contributed by atoms with van der Waals surface area (Å²) in [5.41, 5.74) is 9.15. The number of rotatable bonds is 4. The highest BCUT2D eigenvalue weighted by atomic mass is 16.2. The Hall–Kier alpha value is -1.88. The summed E-state index contributed by atoms with van der Waals surface area (Å²) in [6, 6.07) is 4.05. The minimum absolute atomic E-state index is 0.0184. The Balaban J connectivity index is 2.01. The van der Waals surface area contributed by atoms with E-state index in [1.54, 1.807) is 7.05 Å². The third kappa shape index (κ3) is 3.42. The molecule has 5 heteroatoms. The van der Waals surface area contributed by atoms with Gasteiger partial charge in [-0.05, 0) is 44.7 Å². The number of carbonyl (C=O) groups is 2. The maximum atomic E-state index is 12.1. The molecule has 114 valence electrons. The quantitative estimate of drug-likeness (QED) is 0.882. The first-order chi connectivity index (χ1) is 9.73. The fraction of sp³-hybridized carbons (Fsp3) is 0.500. The Kier molecular flexibility index (Phi) is 4.05. The van der Waals surface area contributed by atoms with E-state index in [1.165, 1.54) is 4.90 Å². The van der Waals surface area contributed by atoms with Crippen LogP contribution in [0.15, 0.2) is 12.1 Å². The molecule has 0 radical (unpaired) electrons. The summed E-state index contributed by atoms with van der Waals surface area (Å²) < 4.78 is 0. The molecular weight excluding hydrogens is 266 g/mol. The molecule has 1 fully saturated rings. The van der Waals surface area contributed by atoms with Crippen LogP contribution in [-0.2, 0) is 9.59 Å². The Morgan fingerprint density at radius 1 is 1.24 bits per heavy atom. The molecule has 0 unspecified atom stereocenters. The van der Waals surface area contributed by atoms with E-state index >= 15 is 0 Å². The normalized spacial score (nSPS) is 15.5. The molecule has 0 aromatic heterocycles. The van der Waals surface area contributed by atoms with Crippen LogP contribution < -0.4 is 11.1 Å². The Morgan fingerprint density at radius 3 is 2.24 bits per heavy atom. The molecule has 3 N–H and O–H groups in total. The average molecular weight is 289 g/mol. The van der Waals surface area contributed by atoms with Gasteiger partial charge in [-0.2, -0.15) is 0 Å². The number of benzene rings is 1. The molecule has 0 spiro atoms. The minimum atomic E-state index is -0.731. The number of hydrogen-bond acceptors (Lipinski definition) is 3. The van der Waals surface area contributed by atoms with E-state index in [1.807, 2.05) is 32.9 Å². The molecule has 0 atom stereocenters. The first-order valence-electron chi connectivity index (χ1n) is 7.15. The number of nitrogens with zero attached hydrogens (tertiary/aromatic N) is 1. The third-order valence-electron chi connectivity index (χ3n) is 3.88. The predicted molar refractivity (Wildman–Crippen MR) is 83.1 cm³/mol. The van der Waals surface area contributed by atoms with Crippen LogP contribution >= 0.6 is 0 Å². The van der Waals surface area contributed by atoms with Gasteiger partial charge in [0.2, 0.25) is 11.8 Å². The molecule has 21 heavy (non-hydrogen) atoms. The maximum Gasteiger partial charge on any atom is 0.243 e. The van der Waals surface area contributed by atoms with Crippen molar-refractivity contribution in [3.63, 3.8) is 0 Å². The highest BCUT2D eigenvalue weighted by Crippen LogP contribution is 2.33. The molecule has 0 saturated heterocycles. The van der Waals surface area contributed by atoms with Gasteiger partial charge in [0.05, 0.1) is 12.1 Å². The van der Waals surface area contributed by atoms with Gasteiger partial charge in [-0.25, -0.2) is 0 Å². The summed E-state index contributed by atoms with van der Waals surface area (Å²) in [4.78, 5) is 25.5. The smallest absolute Gasteiger partial charge is 0.243 e. The molecule has 1 aliphatic carbocycles. The zero-order valence-electron chi connectivity index (χ0n) is 13.1. The van der Waals surface area contributed by atoms with Crippen molar-refractivity contribution in [1.82, 2.24) is 4.90 Å². The molecule has 0 bridgehead atoms. The number of likely N-dealkylation sites (N-methyl/N-ethyl adjacent to an activating group) is 1. The lowest BCUT2D eigenvalue weighted by atomic mass is 10.1. The van der Waals surface area contributed by atoms with E-state index in [4.69, 9.17) is 5.73 Å². The van der Waals surface area contributed by atoms with Crippen molar-refractivity contribution in [3.8, 4) is 0 Å². The summed E-state index contributed by atoms with van der Waals surface area (Å²) in [6.45, 7) is 5.96. The Morgan fingerprint density at radius 2 is 1.76 bits per heavy atom. The van der Waals surface area contributed by atoms with Gasteiger partial charge < -0.3 is 16.0 Å². The van der Waals surface area contributed by atoms with Crippen molar-refractivity contribution >= 4 is 17.5 Å². The predicted octanol–water partition coefficient (Wildman–Crippen LogP) is 1.50. The van der Waals surface area contributed by atoms with Crippen LogP contribution in [0.5, 0.6) is 0 Å². The van der Waals surface area contributed by atoms with Gasteiger partial charge in [-0.1, -0.05) is 17.7 Å². The van der Waals surface area contributed by atoms with E-state index in [0.717, 1.165) is 22.4 Å². The van der Waals surface area contributed by atoms with Gasteiger partial charge >= 0.3 is 0 Å². The summed E-state index contributed by atoms with van der Waals surface area (Å²) in [5.74, 6) is -0.361. The number of anilines is 1. The summed E-state index contributed by atoms with van der Waals surface area (Å²) >= 11 is 0. The lowest BCUT2D eigenvalue weighted by Gasteiger charge is -2.21. The van der Waals surface area contributed by atoms with Gasteiger partial charge in [0.15, 0.2) is 0 Å². The van der Waals surface area contributed by atoms with Crippen molar-refractivity contribution in [2.75, 3.05) is 18.9 Å². The zero-order valence-corrected chi connectivity index (χ0v) is 13.1. The minimum Gasteiger partial charge on any atom is -0.335 e. The molecular formula is C16H23N3O2. The molecule has 1 aromatic carbocycles. The van der Waals surface area contributed by atoms with E-state index in [2.05, 4.69) is 5.32 Å². The van der Waals surface area contributed by atoms with Crippen molar-refractivity contribution in [1.29, 1.82) is 0 Å². The maximum absolute atomic E-state index is 12.1.